The van der Waals surface area contributed by atoms with Gasteiger partial charge in [0.05, 0.1) is 6.04 Å². The number of rotatable bonds is 3. The van der Waals surface area contributed by atoms with Crippen LogP contribution in [0.4, 0.5) is 39.5 Å². The van der Waals surface area contributed by atoms with E-state index in [-0.39, 0.29) is 11.9 Å². The van der Waals surface area contributed by atoms with Crippen LogP contribution in [0, 0.1) is 5.92 Å². The maximum absolute atomic E-state index is 11.9. The SMILES string of the molecule is CNC(=O)[C@@H]1C[C@H]2CN(Cc3ccncc3)C[C@H]2N1C.O=C(O)C(F)(F)F.O=C(O)C(F)(F)F.O=C(O)C(F)(F)F. The number of amides is 1. The monoisotopic (exact) mass is 616 g/mol. The number of alkyl halides is 9. The Bertz CT molecular complexity index is 964. The fourth-order valence-electron chi connectivity index (χ4n) is 3.65. The average molecular weight is 616 g/mol. The molecule has 0 aliphatic carbocycles. The zero-order valence-corrected chi connectivity index (χ0v) is 21.1. The first-order valence-corrected chi connectivity index (χ1v) is 11.0. The fraction of sp³-hybridized carbons (Fsp3) is 0.571. The molecule has 41 heavy (non-hydrogen) atoms. The molecule has 2 aliphatic rings. The molecule has 11 nitrogen and oxygen atoms in total. The number of carboxylic acid groups (broad SMARTS) is 3. The number of carbonyl (C=O) groups is 4. The van der Waals surface area contributed by atoms with Gasteiger partial charge in [-0.3, -0.25) is 19.6 Å². The van der Waals surface area contributed by atoms with Gasteiger partial charge in [-0.25, -0.2) is 14.4 Å². The zero-order chi connectivity index (χ0) is 32.3. The number of carbonyl (C=O) groups excluding carboxylic acids is 1. The summed E-state index contributed by atoms with van der Waals surface area (Å²) in [6.45, 7) is 3.12. The molecule has 0 saturated carbocycles. The Morgan fingerprint density at radius 2 is 1.24 bits per heavy atom. The Balaban J connectivity index is 0.000000631. The van der Waals surface area contributed by atoms with Gasteiger partial charge in [0.1, 0.15) is 0 Å². The third kappa shape index (κ3) is 13.5. The van der Waals surface area contributed by atoms with E-state index in [1.165, 1.54) is 5.56 Å². The third-order valence-corrected chi connectivity index (χ3v) is 5.45. The Labute approximate surface area is 225 Å². The maximum atomic E-state index is 11.9. The summed E-state index contributed by atoms with van der Waals surface area (Å²) in [5.74, 6) is -7.50. The van der Waals surface area contributed by atoms with E-state index in [4.69, 9.17) is 29.7 Å². The molecular weight excluding hydrogens is 591 g/mol. The van der Waals surface area contributed by atoms with E-state index in [0.29, 0.717) is 12.0 Å². The zero-order valence-electron chi connectivity index (χ0n) is 21.1. The van der Waals surface area contributed by atoms with Crippen LogP contribution in [0.3, 0.4) is 0 Å². The van der Waals surface area contributed by atoms with E-state index < -0.39 is 36.4 Å². The van der Waals surface area contributed by atoms with Crippen LogP contribution >= 0.6 is 0 Å². The van der Waals surface area contributed by atoms with Crippen LogP contribution < -0.4 is 5.32 Å². The molecular formula is C21H25F9N4O7. The standard InChI is InChI=1S/C15H22N4O.3C2HF3O2/c1-16-15(20)13-7-12-9-19(10-14(12)18(13)2)8-11-3-5-17-6-4-11;3*3-2(4,5)1(6)7/h3-6,12-14H,7-10H2,1-2H3,(H,16,20);3*(H,6,7)/t12-,13-,14+;;;/m0.../s1. The smallest absolute Gasteiger partial charge is 0.475 e. The molecule has 3 rings (SSSR count). The van der Waals surface area contributed by atoms with Crippen LogP contribution in [0.1, 0.15) is 12.0 Å². The number of likely N-dealkylation sites (tertiary alicyclic amines) is 2. The Morgan fingerprint density at radius 3 is 1.56 bits per heavy atom. The van der Waals surface area contributed by atoms with Gasteiger partial charge in [-0.05, 0) is 37.1 Å². The highest BCUT2D eigenvalue weighted by Gasteiger charge is 2.46. The molecule has 0 unspecified atom stereocenters. The molecule has 2 saturated heterocycles. The highest BCUT2D eigenvalue weighted by atomic mass is 19.4. The lowest BCUT2D eigenvalue weighted by atomic mass is 10.0. The van der Waals surface area contributed by atoms with E-state index in [0.717, 1.165) is 26.1 Å². The quantitative estimate of drug-likeness (QED) is 0.371. The summed E-state index contributed by atoms with van der Waals surface area (Å²) in [5, 5.41) is 24.2. The van der Waals surface area contributed by atoms with Crippen molar-refractivity contribution >= 4 is 23.8 Å². The number of hydrogen-bond acceptors (Lipinski definition) is 7. The first-order chi connectivity index (χ1) is 18.5. The van der Waals surface area contributed by atoms with Gasteiger partial charge in [-0.1, -0.05) is 0 Å². The Morgan fingerprint density at radius 1 is 0.854 bits per heavy atom. The van der Waals surface area contributed by atoms with Gasteiger partial charge < -0.3 is 20.6 Å². The average Bonchev–Trinajstić information content (AvgIpc) is 3.36. The topological polar surface area (TPSA) is 160 Å². The summed E-state index contributed by atoms with van der Waals surface area (Å²) in [7, 11) is 3.81. The van der Waals surface area contributed by atoms with Crippen molar-refractivity contribution in [1.29, 1.82) is 0 Å². The number of pyridine rings is 1. The predicted molar refractivity (Wildman–Crippen MR) is 118 cm³/mol. The number of nitrogens with zero attached hydrogens (tertiary/aromatic N) is 3. The molecule has 3 heterocycles. The number of fused-ring (bicyclic) bond motifs is 1. The predicted octanol–water partition coefficient (Wildman–Crippen LogP) is 2.23. The number of aromatic nitrogens is 1. The van der Waals surface area contributed by atoms with Gasteiger partial charge >= 0.3 is 36.4 Å². The lowest BCUT2D eigenvalue weighted by Crippen LogP contribution is -2.44. The first-order valence-electron chi connectivity index (χ1n) is 11.0. The van der Waals surface area contributed by atoms with E-state index in [9.17, 15) is 44.3 Å². The number of halogens is 9. The van der Waals surface area contributed by atoms with Crippen LogP contribution in [-0.4, -0.2) is 112 Å². The van der Waals surface area contributed by atoms with Crippen molar-refractivity contribution < 1.29 is 74.0 Å². The minimum Gasteiger partial charge on any atom is -0.475 e. The van der Waals surface area contributed by atoms with Crippen molar-refractivity contribution in [3.63, 3.8) is 0 Å². The Kier molecular flexibility index (Phi) is 14.0. The largest absolute Gasteiger partial charge is 0.490 e. The van der Waals surface area contributed by atoms with E-state index in [1.807, 2.05) is 12.4 Å². The molecule has 2 fully saturated rings. The number of likely N-dealkylation sites (N-methyl/N-ethyl adjacent to an activating group) is 2. The van der Waals surface area contributed by atoms with Crippen molar-refractivity contribution in [2.75, 3.05) is 27.2 Å². The van der Waals surface area contributed by atoms with Crippen molar-refractivity contribution in [1.82, 2.24) is 20.1 Å². The number of aliphatic carboxylic acids is 3. The van der Waals surface area contributed by atoms with Crippen molar-refractivity contribution in [2.45, 2.75) is 43.6 Å². The molecule has 0 spiro atoms. The molecule has 20 heteroatoms. The van der Waals surface area contributed by atoms with E-state index in [1.54, 1.807) is 7.05 Å². The van der Waals surface area contributed by atoms with Gasteiger partial charge in [0.25, 0.3) is 0 Å². The van der Waals surface area contributed by atoms with Crippen LogP contribution in [0.15, 0.2) is 24.5 Å². The summed E-state index contributed by atoms with van der Waals surface area (Å²) in [6.07, 6.45) is -10.6. The second-order valence-electron chi connectivity index (χ2n) is 8.32. The lowest BCUT2D eigenvalue weighted by molar-refractivity contribution is -0.193. The van der Waals surface area contributed by atoms with Gasteiger partial charge in [-0.2, -0.15) is 39.5 Å². The second-order valence-corrected chi connectivity index (χ2v) is 8.32. The van der Waals surface area contributed by atoms with Gasteiger partial charge in [0.15, 0.2) is 0 Å². The minimum atomic E-state index is -5.08. The molecule has 234 valence electrons. The fourth-order valence-corrected chi connectivity index (χ4v) is 3.65. The van der Waals surface area contributed by atoms with E-state index >= 15 is 0 Å². The lowest BCUT2D eigenvalue weighted by Gasteiger charge is -2.25. The summed E-state index contributed by atoms with van der Waals surface area (Å²) in [4.78, 5) is 47.3. The van der Waals surface area contributed by atoms with Gasteiger partial charge in [0, 0.05) is 45.1 Å². The maximum Gasteiger partial charge on any atom is 0.490 e. The van der Waals surface area contributed by atoms with E-state index in [2.05, 4.69) is 39.3 Å². The summed E-state index contributed by atoms with van der Waals surface area (Å²) in [5.41, 5.74) is 1.31. The number of nitrogens with one attached hydrogen (secondary N) is 1. The van der Waals surface area contributed by atoms with Crippen molar-refractivity contribution in [3.8, 4) is 0 Å². The first kappa shape index (κ1) is 37.3. The van der Waals surface area contributed by atoms with Crippen LogP contribution in [0.5, 0.6) is 0 Å². The molecule has 0 aromatic carbocycles. The second kappa shape index (κ2) is 15.4. The Hall–Kier alpha value is -3.68. The summed E-state index contributed by atoms with van der Waals surface area (Å²) >= 11 is 0. The number of carboxylic acids is 3. The molecule has 0 radical (unpaired) electrons. The van der Waals surface area contributed by atoms with Crippen LogP contribution in [-0.2, 0) is 25.7 Å². The molecule has 1 amide bonds. The summed E-state index contributed by atoms with van der Waals surface area (Å²) < 4.78 is 95.2. The normalized spacial score (nSPS) is 20.6. The minimum absolute atomic E-state index is 0.0538. The highest BCUT2D eigenvalue weighted by Crippen LogP contribution is 2.35. The van der Waals surface area contributed by atoms with Crippen LogP contribution in [0.25, 0.3) is 0 Å². The molecule has 1 aromatic heterocycles. The van der Waals surface area contributed by atoms with Crippen molar-refractivity contribution in [2.24, 2.45) is 5.92 Å². The molecule has 1 aromatic rings. The van der Waals surface area contributed by atoms with Gasteiger partial charge in [-0.15, -0.1) is 0 Å². The highest BCUT2D eigenvalue weighted by molar-refractivity contribution is 5.81. The summed E-state index contributed by atoms with van der Waals surface area (Å²) in [6, 6.07) is 4.72. The molecule has 3 atom stereocenters. The molecule has 2 aliphatic heterocycles. The van der Waals surface area contributed by atoms with Crippen molar-refractivity contribution in [3.05, 3.63) is 30.1 Å². The van der Waals surface area contributed by atoms with Crippen LogP contribution in [0.2, 0.25) is 0 Å². The third-order valence-electron chi connectivity index (χ3n) is 5.45. The molecule has 4 N–H and O–H groups in total. The van der Waals surface area contributed by atoms with Gasteiger partial charge in [0.2, 0.25) is 5.91 Å². The molecule has 0 bridgehead atoms. The number of hydrogen-bond donors (Lipinski definition) is 4.